The summed E-state index contributed by atoms with van der Waals surface area (Å²) in [6, 6.07) is 0.401. The summed E-state index contributed by atoms with van der Waals surface area (Å²) in [6.07, 6.45) is 4.92. The molecule has 1 aliphatic rings. The fraction of sp³-hybridized carbons (Fsp3) is 0.875. The molecule has 0 bridgehead atoms. The average Bonchev–Trinajstić information content (AvgIpc) is 2.91. The number of aliphatic carboxylic acids is 1. The van der Waals surface area contributed by atoms with E-state index in [-0.39, 0.29) is 12.5 Å². The largest absolute Gasteiger partial charge is 0.481 e. The number of carboxylic acids is 1. The number of carboxylic acid groups (broad SMARTS) is 1. The molecule has 21 heavy (non-hydrogen) atoms. The van der Waals surface area contributed by atoms with E-state index in [1.807, 2.05) is 4.90 Å². The Kier molecular flexibility index (Phi) is 7.54. The van der Waals surface area contributed by atoms with E-state index in [0.29, 0.717) is 30.8 Å². The maximum absolute atomic E-state index is 12.2. The van der Waals surface area contributed by atoms with Crippen molar-refractivity contribution in [2.75, 3.05) is 13.1 Å². The van der Waals surface area contributed by atoms with E-state index in [1.165, 1.54) is 0 Å². The molecule has 0 spiro atoms. The van der Waals surface area contributed by atoms with E-state index in [0.717, 1.165) is 32.2 Å². The van der Waals surface area contributed by atoms with Crippen LogP contribution < -0.4 is 5.32 Å². The van der Waals surface area contributed by atoms with Gasteiger partial charge in [0, 0.05) is 25.6 Å². The van der Waals surface area contributed by atoms with Gasteiger partial charge < -0.3 is 15.3 Å². The molecule has 2 unspecified atom stereocenters. The number of nitrogens with one attached hydrogen (secondary N) is 1. The third-order valence-corrected chi connectivity index (χ3v) is 4.50. The van der Waals surface area contributed by atoms with Gasteiger partial charge in [-0.25, -0.2) is 4.79 Å². The van der Waals surface area contributed by atoms with E-state index in [1.54, 1.807) is 0 Å². The van der Waals surface area contributed by atoms with Crippen molar-refractivity contribution < 1.29 is 14.7 Å². The smallest absolute Gasteiger partial charge is 0.317 e. The molecule has 0 aliphatic carbocycles. The maximum atomic E-state index is 12.2. The highest BCUT2D eigenvalue weighted by molar-refractivity contribution is 5.74. The Morgan fingerprint density at radius 3 is 2.62 bits per heavy atom. The van der Waals surface area contributed by atoms with Crippen LogP contribution in [0.4, 0.5) is 4.79 Å². The molecule has 0 radical (unpaired) electrons. The molecule has 1 fully saturated rings. The molecule has 1 heterocycles. The van der Waals surface area contributed by atoms with Crippen LogP contribution in [0.15, 0.2) is 0 Å². The number of carbonyl (C=O) groups excluding carboxylic acids is 1. The molecule has 2 N–H and O–H groups in total. The van der Waals surface area contributed by atoms with Gasteiger partial charge in [-0.3, -0.25) is 4.79 Å². The molecule has 0 aromatic rings. The fourth-order valence-electron chi connectivity index (χ4n) is 3.10. The number of hydrogen-bond donors (Lipinski definition) is 2. The van der Waals surface area contributed by atoms with Crippen LogP contribution in [0.2, 0.25) is 0 Å². The summed E-state index contributed by atoms with van der Waals surface area (Å²) >= 11 is 0. The fourth-order valence-corrected chi connectivity index (χ4v) is 3.10. The highest BCUT2D eigenvalue weighted by atomic mass is 16.4. The minimum Gasteiger partial charge on any atom is -0.481 e. The number of nitrogens with zero attached hydrogens (tertiary/aromatic N) is 1. The molecule has 0 saturated carbocycles. The van der Waals surface area contributed by atoms with Crippen molar-refractivity contribution in [2.24, 2.45) is 11.8 Å². The normalized spacial score (nSPS) is 19.8. The van der Waals surface area contributed by atoms with Crippen molar-refractivity contribution in [1.29, 1.82) is 0 Å². The van der Waals surface area contributed by atoms with Crippen LogP contribution in [0.25, 0.3) is 0 Å². The van der Waals surface area contributed by atoms with Crippen molar-refractivity contribution in [3.8, 4) is 0 Å². The van der Waals surface area contributed by atoms with Gasteiger partial charge in [-0.15, -0.1) is 0 Å². The van der Waals surface area contributed by atoms with Crippen LogP contribution >= 0.6 is 0 Å². The lowest BCUT2D eigenvalue weighted by molar-refractivity contribution is -0.137. The zero-order chi connectivity index (χ0) is 15.8. The lowest BCUT2D eigenvalue weighted by atomic mass is 9.97. The predicted molar refractivity (Wildman–Crippen MR) is 83.2 cm³/mol. The number of urea groups is 1. The Morgan fingerprint density at radius 2 is 2.05 bits per heavy atom. The maximum Gasteiger partial charge on any atom is 0.317 e. The van der Waals surface area contributed by atoms with Crippen molar-refractivity contribution in [2.45, 2.75) is 65.3 Å². The number of rotatable bonds is 8. The van der Waals surface area contributed by atoms with Crippen molar-refractivity contribution in [3.05, 3.63) is 0 Å². The van der Waals surface area contributed by atoms with E-state index < -0.39 is 5.97 Å². The second-order valence-corrected chi connectivity index (χ2v) is 6.37. The topological polar surface area (TPSA) is 69.6 Å². The monoisotopic (exact) mass is 298 g/mol. The molecule has 122 valence electrons. The van der Waals surface area contributed by atoms with Gasteiger partial charge in [-0.05, 0) is 37.5 Å². The van der Waals surface area contributed by atoms with Crippen LogP contribution in [0.5, 0.6) is 0 Å². The van der Waals surface area contributed by atoms with Crippen LogP contribution in [0, 0.1) is 11.8 Å². The Balaban J connectivity index is 2.30. The van der Waals surface area contributed by atoms with Crippen molar-refractivity contribution in [3.63, 3.8) is 0 Å². The second-order valence-electron chi connectivity index (χ2n) is 6.37. The Morgan fingerprint density at radius 1 is 1.33 bits per heavy atom. The van der Waals surface area contributed by atoms with Crippen LogP contribution in [-0.4, -0.2) is 41.1 Å². The number of likely N-dealkylation sites (tertiary alicyclic amines) is 1. The highest BCUT2D eigenvalue weighted by Gasteiger charge is 2.30. The summed E-state index contributed by atoms with van der Waals surface area (Å²) < 4.78 is 0. The summed E-state index contributed by atoms with van der Waals surface area (Å²) in [4.78, 5) is 24.8. The van der Waals surface area contributed by atoms with Gasteiger partial charge in [-0.1, -0.05) is 27.2 Å². The van der Waals surface area contributed by atoms with Gasteiger partial charge in [0.15, 0.2) is 0 Å². The minimum atomic E-state index is -0.741. The first-order chi connectivity index (χ1) is 9.95. The van der Waals surface area contributed by atoms with E-state index in [2.05, 4.69) is 26.1 Å². The Labute approximate surface area is 128 Å². The van der Waals surface area contributed by atoms with Crippen LogP contribution in [0.1, 0.15) is 59.3 Å². The zero-order valence-electron chi connectivity index (χ0n) is 13.6. The number of amides is 2. The van der Waals surface area contributed by atoms with Gasteiger partial charge in [-0.2, -0.15) is 0 Å². The quantitative estimate of drug-likeness (QED) is 0.723. The zero-order valence-corrected chi connectivity index (χ0v) is 13.6. The summed E-state index contributed by atoms with van der Waals surface area (Å²) in [5.41, 5.74) is 0. The van der Waals surface area contributed by atoms with Crippen LogP contribution in [0.3, 0.4) is 0 Å². The van der Waals surface area contributed by atoms with Gasteiger partial charge in [0.25, 0.3) is 0 Å². The SMILES string of the molecule is CCC(CCNC(=O)N1CCCC1C(C)C)CCC(=O)O. The molecule has 2 amide bonds. The van der Waals surface area contributed by atoms with E-state index in [9.17, 15) is 9.59 Å². The summed E-state index contributed by atoms with van der Waals surface area (Å²) in [7, 11) is 0. The van der Waals surface area contributed by atoms with Gasteiger partial charge >= 0.3 is 12.0 Å². The number of carbonyl (C=O) groups is 2. The first kappa shape index (κ1) is 17.8. The van der Waals surface area contributed by atoms with Gasteiger partial charge in [0.05, 0.1) is 0 Å². The second kappa shape index (κ2) is 8.90. The molecule has 0 aromatic carbocycles. The first-order valence-electron chi connectivity index (χ1n) is 8.22. The molecule has 1 aliphatic heterocycles. The minimum absolute atomic E-state index is 0.0410. The van der Waals surface area contributed by atoms with Gasteiger partial charge in [0.2, 0.25) is 0 Å². The van der Waals surface area contributed by atoms with E-state index in [4.69, 9.17) is 5.11 Å². The first-order valence-corrected chi connectivity index (χ1v) is 8.22. The molecule has 0 aromatic heterocycles. The third kappa shape index (κ3) is 5.94. The third-order valence-electron chi connectivity index (χ3n) is 4.50. The van der Waals surface area contributed by atoms with Crippen LogP contribution in [-0.2, 0) is 4.79 Å². The Bertz CT molecular complexity index is 344. The predicted octanol–water partition coefficient (Wildman–Crippen LogP) is 3.10. The average molecular weight is 298 g/mol. The molecule has 5 nitrogen and oxygen atoms in total. The Hall–Kier alpha value is -1.26. The summed E-state index contributed by atoms with van der Waals surface area (Å²) in [6.45, 7) is 7.89. The summed E-state index contributed by atoms with van der Waals surface area (Å²) in [5, 5.41) is 11.7. The molecule has 1 saturated heterocycles. The van der Waals surface area contributed by atoms with Crippen molar-refractivity contribution >= 4 is 12.0 Å². The number of hydrogen-bond acceptors (Lipinski definition) is 2. The molecule has 5 heteroatoms. The molecule has 2 atom stereocenters. The van der Waals surface area contributed by atoms with E-state index >= 15 is 0 Å². The molecular weight excluding hydrogens is 268 g/mol. The van der Waals surface area contributed by atoms with Gasteiger partial charge in [0.1, 0.15) is 0 Å². The lowest BCUT2D eigenvalue weighted by Crippen LogP contribution is -2.45. The summed E-state index contributed by atoms with van der Waals surface area (Å²) in [5.74, 6) is 0.132. The molecule has 1 rings (SSSR count). The standard InChI is InChI=1S/C16H30N2O3/c1-4-13(7-8-15(19)20)9-10-17-16(21)18-11-5-6-14(18)12(2)3/h12-14H,4-11H2,1-3H3,(H,17,21)(H,19,20). The molecular formula is C16H30N2O3. The lowest BCUT2D eigenvalue weighted by Gasteiger charge is -2.28. The highest BCUT2D eigenvalue weighted by Crippen LogP contribution is 2.23. The van der Waals surface area contributed by atoms with Crippen molar-refractivity contribution in [1.82, 2.24) is 10.2 Å².